The standard InChI is InChI=1S/C20H10Cl2O6S/c21-10-5-6-14-15(7-10)27-16-8-11(22)9-17(29(24,25)26)18(16)20(14)13-4-2-1-3-12(13)19(23)28-20/h1-9H,(H,24,25,26). The summed E-state index contributed by atoms with van der Waals surface area (Å²) in [5.74, 6) is -0.326. The first-order valence-corrected chi connectivity index (χ1v) is 10.5. The zero-order valence-electron chi connectivity index (χ0n) is 14.3. The van der Waals surface area contributed by atoms with Crippen molar-refractivity contribution >= 4 is 39.3 Å². The number of hydrogen-bond acceptors (Lipinski definition) is 5. The van der Waals surface area contributed by atoms with Crippen LogP contribution in [0.25, 0.3) is 0 Å². The topological polar surface area (TPSA) is 89.9 Å². The summed E-state index contributed by atoms with van der Waals surface area (Å²) in [5, 5.41) is 0.395. The third kappa shape index (κ3) is 2.52. The SMILES string of the molecule is O=C1OC2(c3ccc(Cl)cc3Oc3cc(Cl)cc(S(=O)(=O)O)c32)c2ccccc21. The molecule has 0 amide bonds. The minimum absolute atomic E-state index is 0.0228. The predicted molar refractivity (Wildman–Crippen MR) is 105 cm³/mol. The van der Waals surface area contributed by atoms with Crippen molar-refractivity contribution in [1.29, 1.82) is 0 Å². The fourth-order valence-electron chi connectivity index (χ4n) is 3.92. The Bertz CT molecular complexity index is 1330. The van der Waals surface area contributed by atoms with E-state index in [9.17, 15) is 17.8 Å². The largest absolute Gasteiger partial charge is 0.456 e. The molecule has 1 atom stereocenters. The molecule has 3 aromatic rings. The van der Waals surface area contributed by atoms with E-state index in [0.717, 1.165) is 6.07 Å². The molecule has 2 aliphatic heterocycles. The summed E-state index contributed by atoms with van der Waals surface area (Å²) < 4.78 is 46.1. The molecule has 0 saturated carbocycles. The normalized spacial score (nSPS) is 19.2. The number of esters is 1. The third-order valence-corrected chi connectivity index (χ3v) is 6.31. The molecule has 0 bridgehead atoms. The molecule has 9 heteroatoms. The molecule has 1 unspecified atom stereocenters. The minimum atomic E-state index is -4.74. The Morgan fingerprint density at radius 1 is 0.897 bits per heavy atom. The Hall–Kier alpha value is -2.58. The van der Waals surface area contributed by atoms with E-state index in [2.05, 4.69) is 0 Å². The van der Waals surface area contributed by atoms with Crippen molar-refractivity contribution in [3.63, 3.8) is 0 Å². The fraction of sp³-hybridized carbons (Fsp3) is 0.0500. The summed E-state index contributed by atoms with van der Waals surface area (Å²) in [7, 11) is -4.74. The molecule has 3 aromatic carbocycles. The average Bonchev–Trinajstić information content (AvgIpc) is 2.93. The van der Waals surface area contributed by atoms with Crippen LogP contribution < -0.4 is 4.74 Å². The molecule has 29 heavy (non-hydrogen) atoms. The lowest BCUT2D eigenvalue weighted by atomic mass is 9.77. The number of carbonyl (C=O) groups is 1. The van der Waals surface area contributed by atoms with Crippen molar-refractivity contribution in [2.75, 3.05) is 0 Å². The maximum Gasteiger partial charge on any atom is 0.340 e. The van der Waals surface area contributed by atoms with Crippen LogP contribution in [0.1, 0.15) is 27.0 Å². The Kier molecular flexibility index (Phi) is 3.79. The number of fused-ring (bicyclic) bond motifs is 6. The van der Waals surface area contributed by atoms with Crippen LogP contribution in [-0.2, 0) is 20.5 Å². The fourth-order valence-corrected chi connectivity index (χ4v) is 5.13. The molecule has 1 spiro atoms. The van der Waals surface area contributed by atoms with Gasteiger partial charge in [-0.1, -0.05) is 41.4 Å². The zero-order chi connectivity index (χ0) is 20.6. The Morgan fingerprint density at radius 3 is 2.38 bits per heavy atom. The maximum absolute atomic E-state index is 12.7. The molecule has 0 aromatic heterocycles. The lowest BCUT2D eigenvalue weighted by Crippen LogP contribution is -2.34. The average molecular weight is 449 g/mol. The van der Waals surface area contributed by atoms with E-state index >= 15 is 0 Å². The molecule has 0 saturated heterocycles. The molecule has 0 fully saturated rings. The van der Waals surface area contributed by atoms with Crippen LogP contribution in [-0.4, -0.2) is 18.9 Å². The van der Waals surface area contributed by atoms with Gasteiger partial charge in [0.2, 0.25) is 0 Å². The smallest absolute Gasteiger partial charge is 0.340 e. The van der Waals surface area contributed by atoms with E-state index in [4.69, 9.17) is 32.7 Å². The highest BCUT2D eigenvalue weighted by Crippen LogP contribution is 2.58. The lowest BCUT2D eigenvalue weighted by molar-refractivity contribution is 0.0214. The Balaban J connectivity index is 1.99. The summed E-state index contributed by atoms with van der Waals surface area (Å²) in [6, 6.07) is 13.8. The lowest BCUT2D eigenvalue weighted by Gasteiger charge is -2.37. The molecule has 2 aliphatic rings. The summed E-state index contributed by atoms with van der Waals surface area (Å²) in [4.78, 5) is 12.2. The molecule has 2 heterocycles. The number of benzene rings is 3. The van der Waals surface area contributed by atoms with Gasteiger partial charge >= 0.3 is 5.97 Å². The quantitative estimate of drug-likeness (QED) is 0.424. The van der Waals surface area contributed by atoms with Crippen LogP contribution in [0.5, 0.6) is 11.5 Å². The van der Waals surface area contributed by atoms with Crippen molar-refractivity contribution in [1.82, 2.24) is 0 Å². The number of halogens is 2. The van der Waals surface area contributed by atoms with Gasteiger partial charge in [-0.05, 0) is 36.4 Å². The summed E-state index contributed by atoms with van der Waals surface area (Å²) in [5.41, 5.74) is -0.614. The van der Waals surface area contributed by atoms with Crippen LogP contribution in [0.15, 0.2) is 59.5 Å². The molecule has 0 aliphatic carbocycles. The second-order valence-electron chi connectivity index (χ2n) is 6.61. The predicted octanol–water partition coefficient (Wildman–Crippen LogP) is 4.81. The van der Waals surface area contributed by atoms with Crippen molar-refractivity contribution in [2.24, 2.45) is 0 Å². The van der Waals surface area contributed by atoms with E-state index in [-0.39, 0.29) is 27.6 Å². The van der Waals surface area contributed by atoms with Gasteiger partial charge in [0.25, 0.3) is 10.1 Å². The molecule has 146 valence electrons. The Labute approximate surface area is 175 Å². The Morgan fingerprint density at radius 2 is 1.62 bits per heavy atom. The molecule has 5 rings (SSSR count). The van der Waals surface area contributed by atoms with Gasteiger partial charge in [-0.25, -0.2) is 4.79 Å². The van der Waals surface area contributed by atoms with Gasteiger partial charge in [-0.3, -0.25) is 4.55 Å². The monoisotopic (exact) mass is 448 g/mol. The van der Waals surface area contributed by atoms with E-state index in [1.807, 2.05) is 0 Å². The molecular formula is C20H10Cl2O6S. The van der Waals surface area contributed by atoms with Gasteiger partial charge in [0, 0.05) is 21.2 Å². The highest BCUT2D eigenvalue weighted by Gasteiger charge is 2.55. The summed E-state index contributed by atoms with van der Waals surface area (Å²) >= 11 is 12.2. The first-order chi connectivity index (χ1) is 13.7. The zero-order valence-corrected chi connectivity index (χ0v) is 16.7. The van der Waals surface area contributed by atoms with Crippen LogP contribution in [0.4, 0.5) is 0 Å². The highest BCUT2D eigenvalue weighted by atomic mass is 35.5. The van der Waals surface area contributed by atoms with Gasteiger partial charge < -0.3 is 9.47 Å². The van der Waals surface area contributed by atoms with Crippen molar-refractivity contribution in [2.45, 2.75) is 10.5 Å². The second kappa shape index (κ2) is 5.96. The van der Waals surface area contributed by atoms with E-state index in [0.29, 0.717) is 16.1 Å². The highest BCUT2D eigenvalue weighted by molar-refractivity contribution is 7.85. The number of hydrogen-bond donors (Lipinski definition) is 1. The van der Waals surface area contributed by atoms with Gasteiger partial charge in [0.05, 0.1) is 11.1 Å². The summed E-state index contributed by atoms with van der Waals surface area (Å²) in [6.07, 6.45) is 0. The third-order valence-electron chi connectivity index (χ3n) is 4.98. The molecule has 1 N–H and O–H groups in total. The van der Waals surface area contributed by atoms with Gasteiger partial charge in [-0.15, -0.1) is 0 Å². The maximum atomic E-state index is 12.7. The van der Waals surface area contributed by atoms with Crippen molar-refractivity contribution in [3.05, 3.63) is 86.9 Å². The summed E-state index contributed by atoms with van der Waals surface area (Å²) in [6.45, 7) is 0. The van der Waals surface area contributed by atoms with Crippen LogP contribution in [0, 0.1) is 0 Å². The first-order valence-electron chi connectivity index (χ1n) is 8.34. The minimum Gasteiger partial charge on any atom is -0.456 e. The van der Waals surface area contributed by atoms with Crippen LogP contribution in [0.3, 0.4) is 0 Å². The number of ether oxygens (including phenoxy) is 2. The molecular weight excluding hydrogens is 439 g/mol. The van der Waals surface area contributed by atoms with E-state index in [1.165, 1.54) is 12.1 Å². The number of rotatable bonds is 1. The number of carbonyl (C=O) groups excluding carboxylic acids is 1. The molecule has 6 nitrogen and oxygen atoms in total. The van der Waals surface area contributed by atoms with E-state index < -0.39 is 26.6 Å². The van der Waals surface area contributed by atoms with Crippen molar-refractivity contribution in [3.8, 4) is 11.5 Å². The van der Waals surface area contributed by atoms with Crippen molar-refractivity contribution < 1.29 is 27.2 Å². The van der Waals surface area contributed by atoms with Gasteiger partial charge in [-0.2, -0.15) is 8.42 Å². The van der Waals surface area contributed by atoms with E-state index in [1.54, 1.807) is 36.4 Å². The first kappa shape index (κ1) is 18.4. The molecule has 0 radical (unpaired) electrons. The van der Waals surface area contributed by atoms with Gasteiger partial charge in [0.15, 0.2) is 5.60 Å². The van der Waals surface area contributed by atoms with Crippen LogP contribution >= 0.6 is 23.2 Å². The van der Waals surface area contributed by atoms with Gasteiger partial charge in [0.1, 0.15) is 16.4 Å². The second-order valence-corrected chi connectivity index (χ2v) is 8.87. The van der Waals surface area contributed by atoms with Crippen LogP contribution in [0.2, 0.25) is 10.0 Å².